The number of ether oxygens (including phenoxy) is 1. The van der Waals surface area contributed by atoms with Crippen LogP contribution in [0.25, 0.3) is 0 Å². The number of carbonyl (C=O) groups is 1. The van der Waals surface area contributed by atoms with E-state index in [1.165, 1.54) is 0 Å². The van der Waals surface area contributed by atoms with Crippen molar-refractivity contribution in [2.45, 2.75) is 77.2 Å². The fourth-order valence-corrected chi connectivity index (χ4v) is 3.83. The zero-order chi connectivity index (χ0) is 29.2. The Morgan fingerprint density at radius 2 is 1.36 bits per heavy atom. The summed E-state index contributed by atoms with van der Waals surface area (Å²) in [5.74, 6) is -0.466. The number of likely N-dealkylation sites (N-methyl/N-ethyl adjacent to an activating group) is 1. The number of hydrogen-bond donors (Lipinski definition) is 2. The lowest BCUT2D eigenvalue weighted by atomic mass is 10.1. The molecule has 0 aromatic carbocycles. The number of aliphatic hydroxyl groups is 1. The normalized spacial score (nSPS) is 15.3. The number of rotatable bonds is 24. The molecule has 0 amide bonds. The SMILES string of the molecule is CC/C=C\C/C=C\C/C=C\C/C=C\C/C=C\CCCCCC(=O)O[C@H](CO)COP(=O)(O)OCC[N+](C)(C)C. The lowest BCUT2D eigenvalue weighted by Crippen LogP contribution is -2.37. The molecular weight excluding hydrogens is 517 g/mol. The maximum absolute atomic E-state index is 12.0. The molecule has 0 spiro atoms. The number of allylic oxidation sites excluding steroid dienone is 10. The van der Waals surface area contributed by atoms with Gasteiger partial charge in [0.2, 0.25) is 0 Å². The first-order chi connectivity index (χ1) is 18.6. The molecule has 224 valence electrons. The minimum atomic E-state index is -4.28. The van der Waals surface area contributed by atoms with Gasteiger partial charge in [-0.2, -0.15) is 0 Å². The third kappa shape index (κ3) is 27.6. The van der Waals surface area contributed by atoms with E-state index in [2.05, 4.69) is 67.7 Å². The minimum Gasteiger partial charge on any atom is -0.457 e. The number of carbonyl (C=O) groups excluding carboxylic acids is 1. The molecule has 8 nitrogen and oxygen atoms in total. The highest BCUT2D eigenvalue weighted by atomic mass is 31.2. The maximum atomic E-state index is 12.0. The number of phosphoric acid groups is 1. The first-order valence-corrected chi connectivity index (χ1v) is 15.6. The first kappa shape index (κ1) is 37.2. The minimum absolute atomic E-state index is 0.0421. The van der Waals surface area contributed by atoms with E-state index in [4.69, 9.17) is 13.8 Å². The molecule has 0 saturated heterocycles. The van der Waals surface area contributed by atoms with Crippen LogP contribution < -0.4 is 0 Å². The predicted octanol–water partition coefficient (Wildman–Crippen LogP) is 6.43. The largest absolute Gasteiger partial charge is 0.472 e. The topological polar surface area (TPSA) is 102 Å². The van der Waals surface area contributed by atoms with Gasteiger partial charge in [-0.25, -0.2) is 4.57 Å². The van der Waals surface area contributed by atoms with Gasteiger partial charge in [0.15, 0.2) is 0 Å². The van der Waals surface area contributed by atoms with Gasteiger partial charge in [0, 0.05) is 6.42 Å². The first-order valence-electron chi connectivity index (χ1n) is 14.1. The van der Waals surface area contributed by atoms with E-state index in [-0.39, 0.29) is 13.0 Å². The number of hydrogen-bond acceptors (Lipinski definition) is 6. The summed E-state index contributed by atoms with van der Waals surface area (Å²) >= 11 is 0. The van der Waals surface area contributed by atoms with Gasteiger partial charge in [0.25, 0.3) is 0 Å². The van der Waals surface area contributed by atoms with Gasteiger partial charge in [-0.05, 0) is 51.4 Å². The van der Waals surface area contributed by atoms with E-state index in [0.717, 1.165) is 51.4 Å². The second-order valence-electron chi connectivity index (χ2n) is 10.2. The van der Waals surface area contributed by atoms with Crippen molar-refractivity contribution in [2.75, 3.05) is 47.5 Å². The lowest BCUT2D eigenvalue weighted by molar-refractivity contribution is -0.870. The highest BCUT2D eigenvalue weighted by molar-refractivity contribution is 7.47. The van der Waals surface area contributed by atoms with Gasteiger partial charge in [0.05, 0.1) is 34.4 Å². The van der Waals surface area contributed by atoms with E-state index >= 15 is 0 Å². The summed E-state index contributed by atoms with van der Waals surface area (Å²) in [6.07, 6.45) is 29.4. The smallest absolute Gasteiger partial charge is 0.457 e. The summed E-state index contributed by atoms with van der Waals surface area (Å²) in [4.78, 5) is 21.8. The van der Waals surface area contributed by atoms with Gasteiger partial charge in [0.1, 0.15) is 19.3 Å². The van der Waals surface area contributed by atoms with Crippen LogP contribution in [-0.4, -0.2) is 74.1 Å². The van der Waals surface area contributed by atoms with Crippen molar-refractivity contribution in [2.24, 2.45) is 0 Å². The predicted molar refractivity (Wildman–Crippen MR) is 159 cm³/mol. The molecule has 0 aromatic heterocycles. The Balaban J connectivity index is 3.85. The van der Waals surface area contributed by atoms with Gasteiger partial charge in [-0.3, -0.25) is 13.8 Å². The fraction of sp³-hybridized carbons (Fsp3) is 0.633. The van der Waals surface area contributed by atoms with Crippen molar-refractivity contribution in [3.8, 4) is 0 Å². The van der Waals surface area contributed by atoms with Crippen LogP contribution in [0.15, 0.2) is 60.8 Å². The highest BCUT2D eigenvalue weighted by Crippen LogP contribution is 2.43. The molecule has 39 heavy (non-hydrogen) atoms. The van der Waals surface area contributed by atoms with Crippen molar-refractivity contribution in [3.05, 3.63) is 60.8 Å². The Morgan fingerprint density at radius 1 is 0.821 bits per heavy atom. The van der Waals surface area contributed by atoms with Crippen LogP contribution in [0.4, 0.5) is 0 Å². The molecule has 0 saturated carbocycles. The van der Waals surface area contributed by atoms with Crippen molar-refractivity contribution >= 4 is 13.8 Å². The van der Waals surface area contributed by atoms with Crippen LogP contribution in [0, 0.1) is 0 Å². The van der Waals surface area contributed by atoms with Crippen molar-refractivity contribution < 1.29 is 37.6 Å². The van der Waals surface area contributed by atoms with Gasteiger partial charge >= 0.3 is 13.8 Å². The average Bonchev–Trinajstić information content (AvgIpc) is 2.87. The summed E-state index contributed by atoms with van der Waals surface area (Å²) in [6, 6.07) is 0. The van der Waals surface area contributed by atoms with E-state index in [1.54, 1.807) is 0 Å². The third-order valence-corrected chi connectivity index (χ3v) is 6.34. The molecule has 0 radical (unpaired) electrons. The van der Waals surface area contributed by atoms with Crippen molar-refractivity contribution in [3.63, 3.8) is 0 Å². The third-order valence-electron chi connectivity index (χ3n) is 5.35. The summed E-state index contributed by atoms with van der Waals surface area (Å²) in [5, 5.41) is 9.40. The zero-order valence-corrected chi connectivity index (χ0v) is 25.5. The van der Waals surface area contributed by atoms with Gasteiger partial charge in [-0.1, -0.05) is 74.1 Å². The number of aliphatic hydroxyl groups excluding tert-OH is 1. The van der Waals surface area contributed by atoms with Crippen LogP contribution in [0.1, 0.15) is 71.1 Å². The molecule has 2 N–H and O–H groups in total. The van der Waals surface area contributed by atoms with Crippen molar-refractivity contribution in [1.29, 1.82) is 0 Å². The Bertz CT molecular complexity index is 813. The van der Waals surface area contributed by atoms with Crippen molar-refractivity contribution in [1.82, 2.24) is 0 Å². The molecule has 0 aliphatic rings. The average molecular weight is 571 g/mol. The lowest BCUT2D eigenvalue weighted by Gasteiger charge is -2.24. The van der Waals surface area contributed by atoms with Crippen LogP contribution in [0.5, 0.6) is 0 Å². The van der Waals surface area contributed by atoms with Gasteiger partial charge in [-0.15, -0.1) is 0 Å². The molecule has 0 fully saturated rings. The van der Waals surface area contributed by atoms with E-state index in [0.29, 0.717) is 17.4 Å². The quantitative estimate of drug-likeness (QED) is 0.0453. The molecule has 0 aromatic rings. The second-order valence-corrected chi connectivity index (χ2v) is 11.7. The molecule has 0 bridgehead atoms. The summed E-state index contributed by atoms with van der Waals surface area (Å²) in [6.45, 7) is 1.79. The number of unbranched alkanes of at least 4 members (excludes halogenated alkanes) is 3. The monoisotopic (exact) mass is 570 g/mol. The standard InChI is InChI=1S/C30H52NO7P/c1-5-6-7-8-9-10-11-12-13-14-15-16-17-18-19-20-21-22-23-24-30(33)38-29(27-32)28-37-39(34,35)36-26-25-31(2,3)4/h6-7,9-10,12-13,15-16,18-19,29,32H,5,8,11,14,17,20-28H2,1-4H3/p+1/b7-6-,10-9-,13-12-,16-15-,19-18-/t29-/m1/s1. The van der Waals surface area contributed by atoms with Gasteiger partial charge < -0.3 is 19.2 Å². The van der Waals surface area contributed by atoms with Crippen LogP contribution in [-0.2, 0) is 23.1 Å². The Morgan fingerprint density at radius 3 is 1.87 bits per heavy atom. The molecule has 0 aliphatic carbocycles. The van der Waals surface area contributed by atoms with E-state index in [9.17, 15) is 19.4 Å². The van der Waals surface area contributed by atoms with Crippen LogP contribution in [0.2, 0.25) is 0 Å². The molecule has 0 heterocycles. The Hall–Kier alpha value is -1.80. The Labute approximate surface area is 236 Å². The summed E-state index contributed by atoms with van der Waals surface area (Å²) in [7, 11) is 1.51. The summed E-state index contributed by atoms with van der Waals surface area (Å²) < 4.78 is 27.4. The van der Waals surface area contributed by atoms with Crippen LogP contribution >= 0.6 is 7.82 Å². The number of phosphoric ester groups is 1. The second kappa shape index (κ2) is 24.0. The number of quaternary nitrogens is 1. The highest BCUT2D eigenvalue weighted by Gasteiger charge is 2.25. The molecule has 1 unspecified atom stereocenters. The fourth-order valence-electron chi connectivity index (χ4n) is 3.09. The zero-order valence-electron chi connectivity index (χ0n) is 24.6. The number of nitrogens with zero attached hydrogens (tertiary/aromatic N) is 1. The maximum Gasteiger partial charge on any atom is 0.472 e. The molecular formula is C30H53NO7P+. The molecule has 0 aliphatic heterocycles. The van der Waals surface area contributed by atoms with E-state index < -0.39 is 33.1 Å². The van der Waals surface area contributed by atoms with Crippen LogP contribution in [0.3, 0.4) is 0 Å². The molecule has 2 atom stereocenters. The molecule has 0 rings (SSSR count). The summed E-state index contributed by atoms with van der Waals surface area (Å²) in [5.41, 5.74) is 0. The molecule has 9 heteroatoms. The van der Waals surface area contributed by atoms with E-state index in [1.807, 2.05) is 21.1 Å². The number of esters is 1. The Kier molecular flexibility index (Phi) is 22.9.